The van der Waals surface area contributed by atoms with Crippen LogP contribution in [0, 0.1) is 0 Å². The number of anilines is 2. The molecule has 7 heteroatoms. The van der Waals surface area contributed by atoms with Gasteiger partial charge in [0.2, 0.25) is 0 Å². The van der Waals surface area contributed by atoms with Crippen LogP contribution < -0.4 is 10.6 Å². The van der Waals surface area contributed by atoms with Gasteiger partial charge < -0.3 is 10.6 Å². The number of amides is 1. The van der Waals surface area contributed by atoms with Gasteiger partial charge in [-0.25, -0.2) is 4.52 Å². The second-order valence-corrected chi connectivity index (χ2v) is 5.26. The Bertz CT molecular complexity index is 780. The fraction of sp³-hybridized carbons (Fsp3) is 0.0769. The van der Waals surface area contributed by atoms with Crippen LogP contribution >= 0.6 is 22.9 Å². The summed E-state index contributed by atoms with van der Waals surface area (Å²) in [6.45, 7) is 0. The molecule has 3 rings (SSSR count). The Labute approximate surface area is 124 Å². The van der Waals surface area contributed by atoms with Crippen LogP contribution in [-0.2, 0) is 0 Å². The lowest BCUT2D eigenvalue weighted by atomic mass is 10.4. The fourth-order valence-electron chi connectivity index (χ4n) is 1.85. The third kappa shape index (κ3) is 2.23. The van der Waals surface area contributed by atoms with E-state index in [2.05, 4.69) is 15.7 Å². The SMILES string of the molecule is CNc1ccc2ccc(C(=O)Nc3cscc3Cl)n2n1. The molecule has 0 spiro atoms. The number of halogens is 1. The fourth-order valence-corrected chi connectivity index (χ4v) is 2.81. The predicted octanol–water partition coefficient (Wildman–Crippen LogP) is 3.34. The van der Waals surface area contributed by atoms with Crippen molar-refractivity contribution in [2.45, 2.75) is 0 Å². The molecule has 0 aliphatic carbocycles. The molecule has 2 N–H and O–H groups in total. The van der Waals surface area contributed by atoms with E-state index in [1.54, 1.807) is 28.4 Å². The van der Waals surface area contributed by atoms with Crippen molar-refractivity contribution in [1.29, 1.82) is 0 Å². The second kappa shape index (κ2) is 5.15. The molecule has 5 nitrogen and oxygen atoms in total. The van der Waals surface area contributed by atoms with Crippen LogP contribution in [0.4, 0.5) is 11.5 Å². The van der Waals surface area contributed by atoms with Crippen LogP contribution in [0.2, 0.25) is 5.02 Å². The van der Waals surface area contributed by atoms with Gasteiger partial charge in [-0.15, -0.1) is 16.4 Å². The molecule has 0 saturated heterocycles. The van der Waals surface area contributed by atoms with Gasteiger partial charge in [0.05, 0.1) is 16.2 Å². The first kappa shape index (κ1) is 13.0. The van der Waals surface area contributed by atoms with E-state index in [1.807, 2.05) is 18.2 Å². The third-order valence-electron chi connectivity index (χ3n) is 2.86. The summed E-state index contributed by atoms with van der Waals surface area (Å²) in [5, 5.41) is 14.2. The first-order chi connectivity index (χ1) is 9.69. The lowest BCUT2D eigenvalue weighted by molar-refractivity contribution is 0.102. The highest BCUT2D eigenvalue weighted by molar-refractivity contribution is 7.09. The summed E-state index contributed by atoms with van der Waals surface area (Å²) in [5.41, 5.74) is 1.92. The molecule has 3 heterocycles. The van der Waals surface area contributed by atoms with Crippen molar-refractivity contribution in [1.82, 2.24) is 9.61 Å². The predicted molar refractivity (Wildman–Crippen MR) is 82.0 cm³/mol. The lowest BCUT2D eigenvalue weighted by Gasteiger charge is -2.05. The van der Waals surface area contributed by atoms with Crippen molar-refractivity contribution < 1.29 is 4.79 Å². The normalized spacial score (nSPS) is 10.7. The van der Waals surface area contributed by atoms with Gasteiger partial charge in [-0.2, -0.15) is 0 Å². The van der Waals surface area contributed by atoms with Crippen molar-refractivity contribution in [3.8, 4) is 0 Å². The second-order valence-electron chi connectivity index (χ2n) is 4.11. The number of carbonyl (C=O) groups excluding carboxylic acids is 1. The minimum atomic E-state index is -0.244. The highest BCUT2D eigenvalue weighted by Gasteiger charge is 2.14. The molecule has 3 aromatic heterocycles. The molecule has 0 radical (unpaired) electrons. The third-order valence-corrected chi connectivity index (χ3v) is 4.04. The van der Waals surface area contributed by atoms with Gasteiger partial charge in [0.15, 0.2) is 0 Å². The summed E-state index contributed by atoms with van der Waals surface area (Å²) in [4.78, 5) is 12.3. The van der Waals surface area contributed by atoms with Gasteiger partial charge in [0, 0.05) is 17.8 Å². The molecule has 102 valence electrons. The largest absolute Gasteiger partial charge is 0.372 e. The van der Waals surface area contributed by atoms with Crippen molar-refractivity contribution in [2.75, 3.05) is 17.7 Å². The van der Waals surface area contributed by atoms with Gasteiger partial charge in [-0.1, -0.05) is 11.6 Å². The number of hydrogen-bond donors (Lipinski definition) is 2. The molecule has 0 aliphatic heterocycles. The standard InChI is InChI=1S/C13H11ClN4OS/c1-15-12-5-3-8-2-4-11(18(8)17-12)13(19)16-10-7-20-6-9(10)14/h2-7H,1H3,(H,15,17)(H,16,19). The van der Waals surface area contributed by atoms with E-state index >= 15 is 0 Å². The minimum absolute atomic E-state index is 0.244. The van der Waals surface area contributed by atoms with Gasteiger partial charge in [-0.05, 0) is 24.3 Å². The first-order valence-electron chi connectivity index (χ1n) is 5.88. The minimum Gasteiger partial charge on any atom is -0.372 e. The average molecular weight is 307 g/mol. The number of rotatable bonds is 3. The molecule has 0 aromatic carbocycles. The van der Waals surface area contributed by atoms with E-state index in [1.165, 1.54) is 11.3 Å². The molecule has 0 aliphatic rings. The van der Waals surface area contributed by atoms with Gasteiger partial charge >= 0.3 is 0 Å². The maximum absolute atomic E-state index is 12.3. The molecule has 0 unspecified atom stereocenters. The van der Waals surface area contributed by atoms with Crippen LogP contribution in [-0.4, -0.2) is 22.6 Å². The van der Waals surface area contributed by atoms with Crippen molar-refractivity contribution in [2.24, 2.45) is 0 Å². The zero-order valence-electron chi connectivity index (χ0n) is 10.6. The smallest absolute Gasteiger partial charge is 0.274 e. The summed E-state index contributed by atoms with van der Waals surface area (Å²) in [6.07, 6.45) is 0. The summed E-state index contributed by atoms with van der Waals surface area (Å²) in [7, 11) is 1.78. The Morgan fingerprint density at radius 3 is 2.80 bits per heavy atom. The van der Waals surface area contributed by atoms with Gasteiger partial charge in [0.1, 0.15) is 11.5 Å². The lowest BCUT2D eigenvalue weighted by Crippen LogP contribution is -2.15. The number of carbonyl (C=O) groups is 1. The van der Waals surface area contributed by atoms with Crippen LogP contribution in [0.5, 0.6) is 0 Å². The summed E-state index contributed by atoms with van der Waals surface area (Å²) in [6, 6.07) is 7.33. The van der Waals surface area contributed by atoms with E-state index in [0.717, 1.165) is 5.52 Å². The Hall–Kier alpha value is -2.05. The van der Waals surface area contributed by atoms with Crippen LogP contribution in [0.1, 0.15) is 10.5 Å². The highest BCUT2D eigenvalue weighted by Crippen LogP contribution is 2.26. The molecule has 20 heavy (non-hydrogen) atoms. The maximum atomic E-state index is 12.3. The topological polar surface area (TPSA) is 58.4 Å². The number of nitrogens with zero attached hydrogens (tertiary/aromatic N) is 2. The molecule has 0 bridgehead atoms. The highest BCUT2D eigenvalue weighted by atomic mass is 35.5. The Kier molecular flexibility index (Phi) is 3.33. The zero-order chi connectivity index (χ0) is 14.1. The summed E-state index contributed by atoms with van der Waals surface area (Å²) in [5.74, 6) is 0.447. The van der Waals surface area contributed by atoms with Gasteiger partial charge in [0.25, 0.3) is 5.91 Å². The quantitative estimate of drug-likeness (QED) is 0.780. The summed E-state index contributed by atoms with van der Waals surface area (Å²) < 4.78 is 1.60. The van der Waals surface area contributed by atoms with Crippen LogP contribution in [0.15, 0.2) is 35.0 Å². The Balaban J connectivity index is 1.97. The Morgan fingerprint density at radius 2 is 2.10 bits per heavy atom. The molecule has 0 fully saturated rings. The Morgan fingerprint density at radius 1 is 1.30 bits per heavy atom. The number of hydrogen-bond acceptors (Lipinski definition) is 4. The van der Waals surface area contributed by atoms with Crippen molar-refractivity contribution in [3.63, 3.8) is 0 Å². The molecule has 3 aromatic rings. The van der Waals surface area contributed by atoms with E-state index in [9.17, 15) is 4.79 Å². The number of fused-ring (bicyclic) bond motifs is 1. The first-order valence-corrected chi connectivity index (χ1v) is 7.20. The monoisotopic (exact) mass is 306 g/mol. The van der Waals surface area contributed by atoms with E-state index in [-0.39, 0.29) is 5.91 Å². The zero-order valence-corrected chi connectivity index (χ0v) is 12.1. The molecule has 0 atom stereocenters. The average Bonchev–Trinajstić information content (AvgIpc) is 3.04. The van der Waals surface area contributed by atoms with Crippen LogP contribution in [0.25, 0.3) is 5.52 Å². The van der Waals surface area contributed by atoms with Crippen molar-refractivity contribution in [3.05, 3.63) is 45.7 Å². The number of thiophene rings is 1. The number of nitrogens with one attached hydrogen (secondary N) is 2. The molecule has 1 amide bonds. The van der Waals surface area contributed by atoms with Crippen molar-refractivity contribution >= 4 is 45.9 Å². The van der Waals surface area contributed by atoms with E-state index in [4.69, 9.17) is 11.6 Å². The maximum Gasteiger partial charge on any atom is 0.274 e. The van der Waals surface area contributed by atoms with E-state index in [0.29, 0.717) is 22.2 Å². The molecular weight excluding hydrogens is 296 g/mol. The van der Waals surface area contributed by atoms with Crippen LogP contribution in [0.3, 0.4) is 0 Å². The van der Waals surface area contributed by atoms with Gasteiger partial charge in [-0.3, -0.25) is 4.79 Å². The number of aromatic nitrogens is 2. The summed E-state index contributed by atoms with van der Waals surface area (Å²) >= 11 is 7.41. The van der Waals surface area contributed by atoms with E-state index < -0.39 is 0 Å². The molecule has 0 saturated carbocycles. The molecular formula is C13H11ClN4OS.